The number of aromatic nitrogens is 1. The predicted molar refractivity (Wildman–Crippen MR) is 139 cm³/mol. The number of anilines is 1. The molecule has 6 nitrogen and oxygen atoms in total. The predicted octanol–water partition coefficient (Wildman–Crippen LogP) is 6.43. The van der Waals surface area contributed by atoms with E-state index < -0.39 is 5.54 Å². The molecule has 1 aromatic heterocycles. The maximum absolute atomic E-state index is 13.5. The summed E-state index contributed by atoms with van der Waals surface area (Å²) in [5.41, 5.74) is 1.81. The minimum absolute atomic E-state index is 0.125. The third-order valence-corrected chi connectivity index (χ3v) is 6.36. The monoisotopic (exact) mass is 511 g/mol. The van der Waals surface area contributed by atoms with Gasteiger partial charge in [0.05, 0.1) is 18.3 Å². The van der Waals surface area contributed by atoms with Crippen LogP contribution < -0.4 is 9.64 Å². The number of amides is 2. The largest absolute Gasteiger partial charge is 0.474 e. The number of ether oxygens (including phenoxy) is 1. The maximum Gasteiger partial charge on any atom is 0.258 e. The van der Waals surface area contributed by atoms with Crippen molar-refractivity contribution in [1.82, 2.24) is 9.88 Å². The number of carbonyl (C=O) groups excluding carboxylic acids is 2. The standard InChI is InChI=1S/C27H27Cl2N3O3/c1-17(32(27(2,3)4)26(34)18-8-10-20(28)11-9-18)22-12-13-23-24(30-22)35-15-14-31(23)25(33)19-6-5-7-21(29)16-19/h5-13,16-17H,14-15H2,1-4H3. The molecule has 0 radical (unpaired) electrons. The summed E-state index contributed by atoms with van der Waals surface area (Å²) in [6, 6.07) is 17.0. The highest BCUT2D eigenvalue weighted by Crippen LogP contribution is 2.35. The van der Waals surface area contributed by atoms with Crippen LogP contribution in [0.2, 0.25) is 10.0 Å². The Morgan fingerprint density at radius 2 is 1.71 bits per heavy atom. The summed E-state index contributed by atoms with van der Waals surface area (Å²) in [5, 5.41) is 1.07. The summed E-state index contributed by atoms with van der Waals surface area (Å²) in [5.74, 6) is 0.0672. The van der Waals surface area contributed by atoms with Crippen LogP contribution in [0.15, 0.2) is 60.7 Å². The van der Waals surface area contributed by atoms with E-state index in [1.54, 1.807) is 58.3 Å². The Bertz CT molecular complexity index is 1260. The molecule has 0 fully saturated rings. The van der Waals surface area contributed by atoms with Crippen molar-refractivity contribution in [3.8, 4) is 5.88 Å². The molecule has 4 rings (SSSR count). The Kier molecular flexibility index (Phi) is 7.06. The quantitative estimate of drug-likeness (QED) is 0.404. The first-order valence-corrected chi connectivity index (χ1v) is 12.1. The lowest BCUT2D eigenvalue weighted by molar-refractivity contribution is 0.0453. The van der Waals surface area contributed by atoms with Gasteiger partial charge in [0.1, 0.15) is 12.3 Å². The van der Waals surface area contributed by atoms with Crippen molar-refractivity contribution in [2.24, 2.45) is 0 Å². The maximum atomic E-state index is 13.5. The van der Waals surface area contributed by atoms with Gasteiger partial charge >= 0.3 is 0 Å². The molecule has 0 aliphatic carbocycles. The fraction of sp³-hybridized carbons (Fsp3) is 0.296. The number of carbonyl (C=O) groups is 2. The number of benzene rings is 2. The first-order valence-electron chi connectivity index (χ1n) is 11.4. The minimum atomic E-state index is -0.483. The van der Waals surface area contributed by atoms with E-state index in [1.165, 1.54) is 0 Å². The fourth-order valence-corrected chi connectivity index (χ4v) is 4.58. The van der Waals surface area contributed by atoms with Crippen molar-refractivity contribution in [3.05, 3.63) is 87.5 Å². The second kappa shape index (κ2) is 9.88. The molecule has 0 bridgehead atoms. The van der Waals surface area contributed by atoms with E-state index in [4.69, 9.17) is 32.9 Å². The lowest BCUT2D eigenvalue weighted by Crippen LogP contribution is -2.47. The van der Waals surface area contributed by atoms with Crippen molar-refractivity contribution in [3.63, 3.8) is 0 Å². The van der Waals surface area contributed by atoms with Gasteiger partial charge in [-0.05, 0) is 82.3 Å². The first-order chi connectivity index (χ1) is 16.6. The molecule has 0 saturated carbocycles. The number of halogens is 2. The Morgan fingerprint density at radius 3 is 2.37 bits per heavy atom. The number of hydrogen-bond acceptors (Lipinski definition) is 4. The number of fused-ring (bicyclic) bond motifs is 1. The smallest absolute Gasteiger partial charge is 0.258 e. The Labute approximate surface area is 215 Å². The molecule has 2 amide bonds. The Balaban J connectivity index is 1.65. The van der Waals surface area contributed by atoms with E-state index in [9.17, 15) is 9.59 Å². The zero-order valence-electron chi connectivity index (χ0n) is 20.1. The molecule has 8 heteroatoms. The normalized spacial score (nSPS) is 14.1. The van der Waals surface area contributed by atoms with Crippen LogP contribution in [-0.4, -0.2) is 40.4 Å². The van der Waals surface area contributed by atoms with Crippen LogP contribution in [0.25, 0.3) is 0 Å². The average Bonchev–Trinajstić information content (AvgIpc) is 2.82. The highest BCUT2D eigenvalue weighted by molar-refractivity contribution is 6.31. The van der Waals surface area contributed by atoms with E-state index >= 15 is 0 Å². The molecule has 1 atom stereocenters. The summed E-state index contributed by atoms with van der Waals surface area (Å²) < 4.78 is 5.83. The number of pyridine rings is 1. The molecule has 0 spiro atoms. The summed E-state index contributed by atoms with van der Waals surface area (Å²) in [7, 11) is 0. The van der Waals surface area contributed by atoms with Crippen molar-refractivity contribution in [2.75, 3.05) is 18.1 Å². The van der Waals surface area contributed by atoms with Crippen molar-refractivity contribution < 1.29 is 14.3 Å². The van der Waals surface area contributed by atoms with Gasteiger partial charge in [-0.25, -0.2) is 4.98 Å². The highest BCUT2D eigenvalue weighted by Gasteiger charge is 2.34. The first kappa shape index (κ1) is 25.0. The summed E-state index contributed by atoms with van der Waals surface area (Å²) in [6.45, 7) is 8.60. The van der Waals surface area contributed by atoms with Gasteiger partial charge in [0.15, 0.2) is 0 Å². The summed E-state index contributed by atoms with van der Waals surface area (Å²) >= 11 is 12.1. The minimum Gasteiger partial charge on any atom is -0.474 e. The van der Waals surface area contributed by atoms with Gasteiger partial charge < -0.3 is 14.5 Å². The lowest BCUT2D eigenvalue weighted by Gasteiger charge is -2.40. The molecule has 1 aliphatic rings. The zero-order chi connectivity index (χ0) is 25.3. The highest BCUT2D eigenvalue weighted by atomic mass is 35.5. The van der Waals surface area contributed by atoms with E-state index in [0.29, 0.717) is 51.6 Å². The van der Waals surface area contributed by atoms with Crippen LogP contribution >= 0.6 is 23.2 Å². The molecular formula is C27H27Cl2N3O3. The van der Waals surface area contributed by atoms with Crippen LogP contribution in [0, 0.1) is 0 Å². The number of nitrogens with zero attached hydrogens (tertiary/aromatic N) is 3. The van der Waals surface area contributed by atoms with Crippen molar-refractivity contribution >= 4 is 40.7 Å². The van der Waals surface area contributed by atoms with Crippen molar-refractivity contribution in [1.29, 1.82) is 0 Å². The molecule has 1 aliphatic heterocycles. The Hall–Kier alpha value is -3.09. The average molecular weight is 512 g/mol. The van der Waals surface area contributed by atoms with Crippen LogP contribution in [0.5, 0.6) is 5.88 Å². The molecule has 1 unspecified atom stereocenters. The van der Waals surface area contributed by atoms with Crippen molar-refractivity contribution in [2.45, 2.75) is 39.3 Å². The summed E-state index contributed by atoms with van der Waals surface area (Å²) in [6.07, 6.45) is 0. The van der Waals surface area contributed by atoms with Crippen LogP contribution in [0.1, 0.15) is 60.1 Å². The molecular weight excluding hydrogens is 485 g/mol. The number of rotatable bonds is 4. The Morgan fingerprint density at radius 1 is 1.00 bits per heavy atom. The van der Waals surface area contributed by atoms with E-state index in [-0.39, 0.29) is 17.9 Å². The van der Waals surface area contributed by atoms with E-state index in [0.717, 1.165) is 0 Å². The van der Waals surface area contributed by atoms with Gasteiger partial charge in [0.25, 0.3) is 11.8 Å². The molecule has 0 N–H and O–H groups in total. The van der Waals surface area contributed by atoms with Gasteiger partial charge in [0, 0.05) is 26.7 Å². The third kappa shape index (κ3) is 5.29. The molecule has 182 valence electrons. The van der Waals surface area contributed by atoms with Gasteiger partial charge in [-0.15, -0.1) is 0 Å². The second-order valence-corrected chi connectivity index (χ2v) is 10.3. The lowest BCUT2D eigenvalue weighted by atomic mass is 9.99. The van der Waals surface area contributed by atoms with Crippen LogP contribution in [0.3, 0.4) is 0 Å². The number of hydrogen-bond donors (Lipinski definition) is 0. The molecule has 2 aromatic carbocycles. The van der Waals surface area contributed by atoms with Gasteiger partial charge in [-0.3, -0.25) is 9.59 Å². The molecule has 3 aromatic rings. The van der Waals surface area contributed by atoms with Gasteiger partial charge in [-0.1, -0.05) is 29.3 Å². The summed E-state index contributed by atoms with van der Waals surface area (Å²) in [4.78, 5) is 34.8. The topological polar surface area (TPSA) is 62.7 Å². The van der Waals surface area contributed by atoms with Crippen LogP contribution in [0.4, 0.5) is 5.69 Å². The third-order valence-electron chi connectivity index (χ3n) is 5.87. The molecule has 0 saturated heterocycles. The zero-order valence-corrected chi connectivity index (χ0v) is 21.6. The van der Waals surface area contributed by atoms with Gasteiger partial charge in [-0.2, -0.15) is 0 Å². The fourth-order valence-electron chi connectivity index (χ4n) is 4.26. The second-order valence-electron chi connectivity index (χ2n) is 9.40. The molecule has 35 heavy (non-hydrogen) atoms. The van der Waals surface area contributed by atoms with Gasteiger partial charge in [0.2, 0.25) is 5.88 Å². The van der Waals surface area contributed by atoms with E-state index in [1.807, 2.05) is 39.8 Å². The molecule has 2 heterocycles. The van der Waals surface area contributed by atoms with Crippen LogP contribution in [-0.2, 0) is 0 Å². The van der Waals surface area contributed by atoms with E-state index in [2.05, 4.69) is 0 Å². The SMILES string of the molecule is CC(c1ccc2c(n1)OCCN2C(=O)c1cccc(Cl)c1)N(C(=O)c1ccc(Cl)cc1)C(C)(C)C.